The molecule has 9 rings (SSSR count). The number of benzene rings is 6. The first-order chi connectivity index (χ1) is 41.3. The Kier molecular flexibility index (Phi) is 21.6. The van der Waals surface area contributed by atoms with E-state index in [1.54, 1.807) is 103 Å². The minimum Gasteiger partial charge on any atom is -0.491 e. The lowest BCUT2D eigenvalue weighted by Crippen LogP contribution is -2.17. The molecule has 0 saturated carbocycles. The van der Waals surface area contributed by atoms with Crippen LogP contribution in [0.3, 0.4) is 0 Å². The summed E-state index contributed by atoms with van der Waals surface area (Å²) in [6.07, 6.45) is 4.88. The van der Waals surface area contributed by atoms with Gasteiger partial charge in [0.15, 0.2) is 29.0 Å². The van der Waals surface area contributed by atoms with Gasteiger partial charge in [-0.3, -0.25) is 43.6 Å². The molecule has 24 heteroatoms. The average Bonchev–Trinajstić information content (AvgIpc) is 2.39. The third kappa shape index (κ3) is 17.7. The maximum atomic E-state index is 12.9. The molecule has 0 aliphatic rings. The molecule has 0 fully saturated rings. The Bertz CT molecular complexity index is 4240. The third-order valence-electron chi connectivity index (χ3n) is 12.2. The second kappa shape index (κ2) is 28.9. The zero-order chi connectivity index (χ0) is 63.1. The van der Waals surface area contributed by atoms with Gasteiger partial charge in [-0.2, -0.15) is 0 Å². The largest absolute Gasteiger partial charge is 0.491 e. The predicted octanol–water partition coefficient (Wildman–Crippen LogP) is 12.6. The zero-order valence-electron chi connectivity index (χ0n) is 47.6. The van der Waals surface area contributed by atoms with E-state index in [0.717, 1.165) is 17.8 Å². The van der Waals surface area contributed by atoms with Gasteiger partial charge in [-0.05, 0) is 112 Å². The summed E-state index contributed by atoms with van der Waals surface area (Å²) in [7, 11) is -11.9. The van der Waals surface area contributed by atoms with Crippen LogP contribution in [-0.4, -0.2) is 74.7 Å². The fourth-order valence-corrected chi connectivity index (χ4v) is 11.2. The summed E-state index contributed by atoms with van der Waals surface area (Å²) < 4.78 is 94.9. The maximum absolute atomic E-state index is 12.9. The number of ketones is 3. The van der Waals surface area contributed by atoms with Gasteiger partial charge in [-0.1, -0.05) is 129 Å². The minimum atomic E-state index is -4.12. The van der Waals surface area contributed by atoms with Crippen LogP contribution in [0.25, 0.3) is 0 Å². The molecule has 448 valence electrons. The number of nitrogens with one attached hydrogen (secondary N) is 3. The topological polar surface area (TPSA) is 290 Å². The summed E-state index contributed by atoms with van der Waals surface area (Å²) >= 11 is 5.99. The Morgan fingerprint density at radius 3 is 1.26 bits per heavy atom. The van der Waals surface area contributed by atoms with Crippen LogP contribution in [0.15, 0.2) is 221 Å². The Morgan fingerprint density at radius 2 is 0.862 bits per heavy atom. The van der Waals surface area contributed by atoms with E-state index in [1.165, 1.54) is 91.4 Å². The molecule has 3 aromatic heterocycles. The number of nitrogens with zero attached hydrogens (tertiary/aromatic N) is 4. The van der Waals surface area contributed by atoms with Gasteiger partial charge < -0.3 is 9.47 Å². The molecule has 0 atom stereocenters. The Balaban J connectivity index is 0.000000187. The second-order valence-electron chi connectivity index (χ2n) is 19.7. The van der Waals surface area contributed by atoms with E-state index in [9.17, 15) is 49.8 Å². The number of aromatic nitrogens is 3. The van der Waals surface area contributed by atoms with Crippen molar-refractivity contribution in [3.8, 4) is 11.5 Å². The summed E-state index contributed by atoms with van der Waals surface area (Å²) in [6, 6.07) is 47.5. The van der Waals surface area contributed by atoms with Crippen LogP contribution in [0.1, 0.15) is 101 Å². The van der Waals surface area contributed by atoms with Crippen LogP contribution < -0.4 is 23.6 Å². The number of hydrogen-bond acceptors (Lipinski definition) is 16. The van der Waals surface area contributed by atoms with E-state index < -0.39 is 46.5 Å². The van der Waals surface area contributed by atoms with Crippen LogP contribution in [0.2, 0.25) is 5.02 Å². The minimum absolute atomic E-state index is 0.0102. The van der Waals surface area contributed by atoms with Crippen LogP contribution in [0, 0.1) is 10.1 Å². The van der Waals surface area contributed by atoms with E-state index in [1.807, 2.05) is 41.5 Å². The first kappa shape index (κ1) is 64.9. The number of halogens is 1. The number of sulfonamides is 3. The van der Waals surface area contributed by atoms with Gasteiger partial charge in [0.05, 0.1) is 59.2 Å². The highest BCUT2D eigenvalue weighted by atomic mass is 35.5. The Hall–Kier alpha value is -9.68. The van der Waals surface area contributed by atoms with Gasteiger partial charge >= 0.3 is 0 Å². The van der Waals surface area contributed by atoms with Crippen molar-refractivity contribution in [2.75, 3.05) is 14.2 Å². The molecule has 3 N–H and O–H groups in total. The normalized spacial score (nSPS) is 11.3. The third-order valence-corrected chi connectivity index (χ3v) is 16.5. The Morgan fingerprint density at radius 1 is 0.483 bits per heavy atom. The summed E-state index contributed by atoms with van der Waals surface area (Å²) in [6.45, 7) is 11.5. The molecule has 0 radical (unpaired) electrons. The lowest BCUT2D eigenvalue weighted by atomic mass is 10.0. The summed E-state index contributed by atoms with van der Waals surface area (Å²) in [5.41, 5.74) is 1.90. The molecule has 0 unspecified atom stereocenters. The number of nitro groups is 1. The number of ether oxygens (including phenoxy) is 2. The van der Waals surface area contributed by atoms with Crippen LogP contribution in [0.4, 0.5) is 23.0 Å². The molecular formula is C63H58ClN7O13S3. The van der Waals surface area contributed by atoms with E-state index in [4.69, 9.17) is 21.1 Å². The monoisotopic (exact) mass is 1250 g/mol. The number of carbonyl (C=O) groups is 3. The van der Waals surface area contributed by atoms with E-state index >= 15 is 0 Å². The van der Waals surface area contributed by atoms with Gasteiger partial charge in [-0.25, -0.2) is 35.2 Å². The van der Waals surface area contributed by atoms with Gasteiger partial charge in [-0.15, -0.1) is 0 Å². The predicted molar refractivity (Wildman–Crippen MR) is 331 cm³/mol. The smallest absolute Gasteiger partial charge is 0.288 e. The molecule has 0 amide bonds. The lowest BCUT2D eigenvalue weighted by molar-refractivity contribution is -0.385. The molecule has 9 aromatic rings. The summed E-state index contributed by atoms with van der Waals surface area (Å²) in [5, 5.41) is 11.4. The molecule has 6 aromatic carbocycles. The number of rotatable bonds is 21. The van der Waals surface area contributed by atoms with Gasteiger partial charge in [0.2, 0.25) is 0 Å². The standard InChI is InChI=1S/C21H19ClN2O3S.C21H19N3O6S.C21H20N2O4S/c1-14(2)15-8-10-18(11-9-15)28(26,27)24-21-19(12-17(22)13-23-21)20(25)16-6-4-3-5-7-16;1-14(2)30-17-8-10-18(11-9-17)31(28,29)23-21-19(12-16(13-22-21)24(26)27)20(25)15-6-4-3-5-7-15;1-15(2)27-17-8-10-18(11-9-17)28(25,26)23-20-12-13-22-14-19(20)21(24)16-6-4-3-5-7-16/h3-14H,1-2H3,(H,23,24);3-14H,1-2H3,(H,22,23);3-15H,1-2H3,(H,22,23). The van der Waals surface area contributed by atoms with Crippen molar-refractivity contribution in [3.05, 3.63) is 261 Å². The van der Waals surface area contributed by atoms with Crippen molar-refractivity contribution in [1.82, 2.24) is 15.0 Å². The summed E-state index contributed by atoms with van der Waals surface area (Å²) in [4.78, 5) is 60.8. The molecule has 0 spiro atoms. The van der Waals surface area contributed by atoms with Crippen LogP contribution in [-0.2, 0) is 30.1 Å². The number of pyridine rings is 3. The number of anilines is 3. The van der Waals surface area contributed by atoms with Gasteiger partial charge in [0.1, 0.15) is 17.7 Å². The van der Waals surface area contributed by atoms with E-state index in [0.29, 0.717) is 22.6 Å². The highest BCUT2D eigenvalue weighted by Crippen LogP contribution is 2.29. The molecule has 20 nitrogen and oxygen atoms in total. The van der Waals surface area contributed by atoms with Crippen molar-refractivity contribution in [2.45, 2.75) is 74.4 Å². The highest BCUT2D eigenvalue weighted by Gasteiger charge is 2.26. The number of carbonyl (C=O) groups excluding carboxylic acids is 3. The Labute approximate surface area is 509 Å². The van der Waals surface area contributed by atoms with Crippen molar-refractivity contribution >= 4 is 82.0 Å². The SMILES string of the molecule is CC(C)Oc1ccc(S(=O)(=O)Nc2ccncc2C(=O)c2ccccc2)cc1.CC(C)Oc1ccc(S(=O)(=O)Nc2ncc([N+](=O)[O-])cc2C(=O)c2ccccc2)cc1.CC(C)c1ccc(S(=O)(=O)Nc2ncc(Cl)cc2C(=O)c2ccccc2)cc1. The molecule has 3 heterocycles. The van der Waals surface area contributed by atoms with E-state index in [-0.39, 0.29) is 89.0 Å². The molecular weight excluding hydrogens is 1190 g/mol. The molecule has 0 saturated heterocycles. The zero-order valence-corrected chi connectivity index (χ0v) is 50.8. The van der Waals surface area contributed by atoms with Gasteiger partial charge in [0, 0.05) is 41.3 Å². The maximum Gasteiger partial charge on any atom is 0.288 e. The van der Waals surface area contributed by atoms with Crippen molar-refractivity contribution in [1.29, 1.82) is 0 Å². The number of hydrogen-bond donors (Lipinski definition) is 3. The van der Waals surface area contributed by atoms with Crippen molar-refractivity contribution < 1.29 is 54.0 Å². The molecule has 0 aliphatic carbocycles. The lowest BCUT2D eigenvalue weighted by Gasteiger charge is -2.13. The molecule has 87 heavy (non-hydrogen) atoms. The molecule has 0 aliphatic heterocycles. The first-order valence-electron chi connectivity index (χ1n) is 26.6. The highest BCUT2D eigenvalue weighted by molar-refractivity contribution is 7.93. The van der Waals surface area contributed by atoms with Crippen molar-refractivity contribution in [2.24, 2.45) is 0 Å². The summed E-state index contributed by atoms with van der Waals surface area (Å²) in [5.74, 6) is -0.281. The fraction of sp³-hybridized carbons (Fsp3) is 0.143. The first-order valence-corrected chi connectivity index (χ1v) is 31.4. The van der Waals surface area contributed by atoms with Crippen LogP contribution >= 0.6 is 11.6 Å². The fourth-order valence-electron chi connectivity index (χ4n) is 7.95. The van der Waals surface area contributed by atoms with Gasteiger partial charge in [0.25, 0.3) is 35.8 Å². The second-order valence-corrected chi connectivity index (χ2v) is 25.2. The quantitative estimate of drug-likeness (QED) is 0.0342. The average molecular weight is 1250 g/mol. The molecule has 0 bridgehead atoms. The van der Waals surface area contributed by atoms with Crippen LogP contribution in [0.5, 0.6) is 11.5 Å². The van der Waals surface area contributed by atoms with E-state index in [2.05, 4.69) is 29.1 Å². The van der Waals surface area contributed by atoms with Crippen molar-refractivity contribution in [3.63, 3.8) is 0 Å².